The molecule has 0 amide bonds. The lowest BCUT2D eigenvalue weighted by atomic mass is 10.8. The van der Waals surface area contributed by atoms with Crippen molar-refractivity contribution in [3.05, 3.63) is 11.4 Å². The summed E-state index contributed by atoms with van der Waals surface area (Å²) in [7, 11) is 1.76. The van der Waals surface area contributed by atoms with Gasteiger partial charge in [0.15, 0.2) is 5.62 Å². The summed E-state index contributed by atoms with van der Waals surface area (Å²) in [5.74, 6) is 0. The molecule has 0 radical (unpaired) electrons. The highest BCUT2D eigenvalue weighted by Gasteiger charge is 2.24. The molecular weight excluding hydrogens is 182 g/mol. The molecular formula is C4H5Cl3N2. The molecule has 2 nitrogen and oxygen atoms in total. The van der Waals surface area contributed by atoms with Crippen molar-refractivity contribution in [3.8, 4) is 0 Å². The second-order valence-corrected chi connectivity index (χ2v) is 2.89. The predicted molar refractivity (Wildman–Crippen MR) is 39.0 cm³/mol. The molecule has 1 heterocycles. The highest BCUT2D eigenvalue weighted by Crippen LogP contribution is 2.26. The van der Waals surface area contributed by atoms with Crippen LogP contribution in [0.4, 0.5) is 0 Å². The van der Waals surface area contributed by atoms with E-state index in [9.17, 15) is 0 Å². The van der Waals surface area contributed by atoms with Gasteiger partial charge < -0.3 is 4.90 Å². The molecule has 0 aliphatic carbocycles. The van der Waals surface area contributed by atoms with Crippen LogP contribution >= 0.6 is 35.0 Å². The van der Waals surface area contributed by atoms with Crippen LogP contribution in [0.3, 0.4) is 0 Å². The van der Waals surface area contributed by atoms with Gasteiger partial charge in [0.2, 0.25) is 0 Å². The van der Waals surface area contributed by atoms with E-state index in [1.165, 1.54) is 4.42 Å². The molecule has 0 spiro atoms. The van der Waals surface area contributed by atoms with E-state index in [0.717, 1.165) is 0 Å². The van der Waals surface area contributed by atoms with E-state index in [2.05, 4.69) is 0 Å². The summed E-state index contributed by atoms with van der Waals surface area (Å²) in [4.78, 5) is 1.65. The van der Waals surface area contributed by atoms with Crippen molar-refractivity contribution in [1.29, 1.82) is 0 Å². The van der Waals surface area contributed by atoms with Gasteiger partial charge in [-0.15, -0.1) is 0 Å². The van der Waals surface area contributed by atoms with Gasteiger partial charge in [-0.25, -0.2) is 0 Å². The second-order valence-electron chi connectivity index (χ2n) is 1.72. The van der Waals surface area contributed by atoms with Gasteiger partial charge in [0.05, 0.1) is 6.20 Å². The van der Waals surface area contributed by atoms with E-state index in [1.54, 1.807) is 18.1 Å². The SMILES string of the molecule is CN1C(Cl)=CN(Cl)C1Cl. The Morgan fingerprint density at radius 1 is 1.67 bits per heavy atom. The second kappa shape index (κ2) is 2.45. The maximum atomic E-state index is 5.69. The van der Waals surface area contributed by atoms with E-state index in [-0.39, 0.29) is 5.62 Å². The van der Waals surface area contributed by atoms with E-state index >= 15 is 0 Å². The Morgan fingerprint density at radius 2 is 2.22 bits per heavy atom. The van der Waals surface area contributed by atoms with Gasteiger partial charge in [0.1, 0.15) is 5.16 Å². The molecule has 5 heteroatoms. The first-order chi connectivity index (χ1) is 4.13. The lowest BCUT2D eigenvalue weighted by Crippen LogP contribution is -2.26. The van der Waals surface area contributed by atoms with E-state index in [0.29, 0.717) is 5.16 Å². The molecule has 1 aliphatic heterocycles. The van der Waals surface area contributed by atoms with Crippen molar-refractivity contribution in [3.63, 3.8) is 0 Å². The highest BCUT2D eigenvalue weighted by molar-refractivity contribution is 6.32. The molecule has 0 saturated carbocycles. The lowest BCUT2D eigenvalue weighted by Gasteiger charge is -2.18. The van der Waals surface area contributed by atoms with Gasteiger partial charge in [0.25, 0.3) is 0 Å². The Morgan fingerprint density at radius 3 is 2.33 bits per heavy atom. The quantitative estimate of drug-likeness (QED) is 0.325. The number of hydrogen-bond donors (Lipinski definition) is 0. The summed E-state index contributed by atoms with van der Waals surface area (Å²) in [5, 5.41) is 0.546. The maximum absolute atomic E-state index is 5.69. The van der Waals surface area contributed by atoms with Crippen molar-refractivity contribution in [2.24, 2.45) is 0 Å². The standard InChI is InChI=1S/C4H5Cl3N2/c1-8-3(5)2-9(7)4(8)6/h2,4H,1H3. The van der Waals surface area contributed by atoms with Gasteiger partial charge in [-0.3, -0.25) is 4.42 Å². The maximum Gasteiger partial charge on any atom is 0.194 e. The average Bonchev–Trinajstić information content (AvgIpc) is 1.98. The highest BCUT2D eigenvalue weighted by atomic mass is 35.5. The fourth-order valence-corrected chi connectivity index (χ4v) is 1.20. The number of nitrogens with zero attached hydrogens (tertiary/aromatic N) is 2. The van der Waals surface area contributed by atoms with Crippen LogP contribution in [0.5, 0.6) is 0 Å². The molecule has 0 fully saturated rings. The summed E-state index contributed by atoms with van der Waals surface area (Å²) in [6, 6.07) is 0. The number of halogens is 3. The molecule has 0 N–H and O–H groups in total. The zero-order chi connectivity index (χ0) is 7.02. The molecule has 0 bridgehead atoms. The zero-order valence-corrected chi connectivity index (χ0v) is 6.95. The minimum absolute atomic E-state index is 0.362. The molecule has 1 rings (SSSR count). The molecule has 52 valence electrons. The molecule has 0 aromatic heterocycles. The fourth-order valence-electron chi connectivity index (χ4n) is 0.522. The monoisotopic (exact) mass is 186 g/mol. The largest absolute Gasteiger partial charge is 0.330 e. The van der Waals surface area contributed by atoms with E-state index in [4.69, 9.17) is 35.0 Å². The van der Waals surface area contributed by atoms with Crippen molar-refractivity contribution < 1.29 is 0 Å². The van der Waals surface area contributed by atoms with Crippen LogP contribution in [-0.4, -0.2) is 22.0 Å². The first-order valence-corrected chi connectivity index (χ1v) is 3.46. The van der Waals surface area contributed by atoms with Crippen molar-refractivity contribution in [1.82, 2.24) is 9.32 Å². The van der Waals surface area contributed by atoms with E-state index in [1.807, 2.05) is 0 Å². The fraction of sp³-hybridized carbons (Fsp3) is 0.500. The number of hydrogen-bond acceptors (Lipinski definition) is 2. The van der Waals surface area contributed by atoms with Crippen molar-refractivity contribution in [2.45, 2.75) is 5.62 Å². The molecule has 9 heavy (non-hydrogen) atoms. The van der Waals surface area contributed by atoms with Crippen LogP contribution in [-0.2, 0) is 0 Å². The zero-order valence-electron chi connectivity index (χ0n) is 4.68. The minimum Gasteiger partial charge on any atom is -0.330 e. The summed E-state index contributed by atoms with van der Waals surface area (Å²) in [6.45, 7) is 0. The van der Waals surface area contributed by atoms with Crippen molar-refractivity contribution in [2.75, 3.05) is 7.05 Å². The Balaban J connectivity index is 2.70. The Hall–Kier alpha value is 0.210. The van der Waals surface area contributed by atoms with E-state index < -0.39 is 0 Å². The summed E-state index contributed by atoms with van der Waals surface area (Å²) < 4.78 is 1.31. The Kier molecular flexibility index (Phi) is 1.99. The van der Waals surface area contributed by atoms with Gasteiger partial charge in [-0.05, 0) is 0 Å². The third-order valence-corrected chi connectivity index (χ3v) is 2.34. The predicted octanol–water partition coefficient (Wildman–Crippen LogP) is 1.95. The van der Waals surface area contributed by atoms with Gasteiger partial charge in [0, 0.05) is 18.8 Å². The number of alkyl halides is 1. The van der Waals surface area contributed by atoms with Crippen LogP contribution in [0, 0.1) is 0 Å². The van der Waals surface area contributed by atoms with Crippen LogP contribution in [0.15, 0.2) is 11.4 Å². The van der Waals surface area contributed by atoms with Crippen LogP contribution in [0.1, 0.15) is 0 Å². The molecule has 1 aliphatic rings. The summed E-state index contributed by atoms with van der Waals surface area (Å²) >= 11 is 16.9. The molecule has 0 saturated heterocycles. The van der Waals surface area contributed by atoms with Crippen LogP contribution in [0.2, 0.25) is 0 Å². The molecule has 1 atom stereocenters. The Bertz CT molecular complexity index is 147. The lowest BCUT2D eigenvalue weighted by molar-refractivity contribution is 0.348. The van der Waals surface area contributed by atoms with Crippen molar-refractivity contribution >= 4 is 35.0 Å². The smallest absolute Gasteiger partial charge is 0.194 e. The normalized spacial score (nSPS) is 27.1. The molecule has 1 unspecified atom stereocenters. The summed E-state index contributed by atoms with van der Waals surface area (Å²) in [5.41, 5.74) is -0.362. The third-order valence-electron chi connectivity index (χ3n) is 1.09. The number of rotatable bonds is 0. The van der Waals surface area contributed by atoms with Crippen LogP contribution < -0.4 is 0 Å². The first kappa shape index (κ1) is 7.32. The third kappa shape index (κ3) is 1.20. The average molecular weight is 187 g/mol. The van der Waals surface area contributed by atoms with Gasteiger partial charge >= 0.3 is 0 Å². The summed E-state index contributed by atoms with van der Waals surface area (Å²) in [6.07, 6.45) is 1.56. The first-order valence-electron chi connectivity index (χ1n) is 2.31. The van der Waals surface area contributed by atoms with Gasteiger partial charge in [-0.2, -0.15) is 0 Å². The topological polar surface area (TPSA) is 6.48 Å². The molecule has 0 aromatic rings. The van der Waals surface area contributed by atoms with Crippen LogP contribution in [0.25, 0.3) is 0 Å². The molecule has 0 aromatic carbocycles. The Labute approximate surface area is 68.7 Å². The minimum atomic E-state index is -0.362. The van der Waals surface area contributed by atoms with Gasteiger partial charge in [-0.1, -0.05) is 23.2 Å².